The molecule has 25 heavy (non-hydrogen) atoms. The van der Waals surface area contributed by atoms with Crippen molar-refractivity contribution in [1.82, 2.24) is 0 Å². The van der Waals surface area contributed by atoms with Crippen LogP contribution in [0, 0.1) is 6.92 Å². The van der Waals surface area contributed by atoms with E-state index in [4.69, 9.17) is 18.9 Å². The molecule has 0 saturated carbocycles. The summed E-state index contributed by atoms with van der Waals surface area (Å²) in [7, 11) is 0. The van der Waals surface area contributed by atoms with Crippen molar-refractivity contribution in [3.05, 3.63) is 47.5 Å². The summed E-state index contributed by atoms with van der Waals surface area (Å²) < 4.78 is 22.3. The zero-order valence-electron chi connectivity index (χ0n) is 14.7. The standard InChI is InChI=1S/C19H24O6/c1-5-8-22-10-13-9-12(7-6-11(13)2)14(20)16-15(21)17-18(23-16)25-19(3,4)24-17/h5-7,9,15-18,21H,1,8,10H2,2-4H3/t15-,16?,17+,18?/m1/s1. The minimum atomic E-state index is -1.07. The molecule has 4 atom stereocenters. The summed E-state index contributed by atoms with van der Waals surface area (Å²) in [6.07, 6.45) is -1.80. The van der Waals surface area contributed by atoms with Gasteiger partial charge in [-0.15, -0.1) is 6.58 Å². The molecule has 0 aromatic heterocycles. The Hall–Kier alpha value is -1.57. The summed E-state index contributed by atoms with van der Waals surface area (Å²) in [4.78, 5) is 12.8. The van der Waals surface area contributed by atoms with Crippen LogP contribution in [0.3, 0.4) is 0 Å². The van der Waals surface area contributed by atoms with Crippen LogP contribution in [0.5, 0.6) is 0 Å². The number of carbonyl (C=O) groups is 1. The first kappa shape index (κ1) is 18.2. The fourth-order valence-corrected chi connectivity index (χ4v) is 3.10. The van der Waals surface area contributed by atoms with Crippen molar-refractivity contribution in [3.63, 3.8) is 0 Å². The summed E-state index contributed by atoms with van der Waals surface area (Å²) >= 11 is 0. The average Bonchev–Trinajstić information content (AvgIpc) is 3.02. The number of ketones is 1. The summed E-state index contributed by atoms with van der Waals surface area (Å²) in [6, 6.07) is 5.36. The van der Waals surface area contributed by atoms with Crippen LogP contribution in [0.1, 0.15) is 35.3 Å². The highest BCUT2D eigenvalue weighted by Gasteiger charge is 2.56. The second kappa shape index (κ2) is 6.97. The number of aliphatic hydroxyl groups is 1. The van der Waals surface area contributed by atoms with Crippen molar-refractivity contribution in [3.8, 4) is 0 Å². The van der Waals surface area contributed by atoms with Gasteiger partial charge in [0, 0.05) is 5.56 Å². The number of Topliss-reactive ketones (excluding diaryl/α,β-unsaturated/α-hetero) is 1. The fourth-order valence-electron chi connectivity index (χ4n) is 3.10. The smallest absolute Gasteiger partial charge is 0.194 e. The van der Waals surface area contributed by atoms with Crippen LogP contribution >= 0.6 is 0 Å². The number of benzene rings is 1. The molecule has 0 amide bonds. The van der Waals surface area contributed by atoms with Crippen molar-refractivity contribution < 1.29 is 28.8 Å². The Labute approximate surface area is 147 Å². The van der Waals surface area contributed by atoms with Crippen LogP contribution in [-0.2, 0) is 25.6 Å². The van der Waals surface area contributed by atoms with E-state index < -0.39 is 30.4 Å². The topological polar surface area (TPSA) is 74.2 Å². The van der Waals surface area contributed by atoms with E-state index in [1.165, 1.54) is 0 Å². The number of aliphatic hydroxyl groups excluding tert-OH is 1. The number of hydrogen-bond acceptors (Lipinski definition) is 6. The van der Waals surface area contributed by atoms with E-state index in [2.05, 4.69) is 6.58 Å². The molecule has 6 nitrogen and oxygen atoms in total. The minimum Gasteiger partial charge on any atom is -0.387 e. The summed E-state index contributed by atoms with van der Waals surface area (Å²) in [5, 5.41) is 10.4. The zero-order valence-corrected chi connectivity index (χ0v) is 14.7. The van der Waals surface area contributed by atoms with Crippen molar-refractivity contribution in [2.75, 3.05) is 6.61 Å². The van der Waals surface area contributed by atoms with E-state index in [0.717, 1.165) is 11.1 Å². The average molecular weight is 348 g/mol. The Morgan fingerprint density at radius 3 is 2.84 bits per heavy atom. The van der Waals surface area contributed by atoms with Crippen molar-refractivity contribution >= 4 is 5.78 Å². The SMILES string of the molecule is C=CCOCc1cc(C(=O)C2OC3OC(C)(C)O[C@H]3[C@@H]2O)ccc1C. The van der Waals surface area contributed by atoms with Crippen LogP contribution < -0.4 is 0 Å². The number of rotatable bonds is 6. The van der Waals surface area contributed by atoms with E-state index in [1.54, 1.807) is 32.1 Å². The second-order valence-electron chi connectivity index (χ2n) is 6.83. The van der Waals surface area contributed by atoms with E-state index in [9.17, 15) is 9.90 Å². The lowest BCUT2D eigenvalue weighted by molar-refractivity contribution is -0.208. The molecule has 2 aliphatic heterocycles. The zero-order chi connectivity index (χ0) is 18.2. The van der Waals surface area contributed by atoms with Gasteiger partial charge in [0.2, 0.25) is 0 Å². The quantitative estimate of drug-likeness (QED) is 0.482. The third-order valence-electron chi connectivity index (χ3n) is 4.40. The van der Waals surface area contributed by atoms with Gasteiger partial charge in [-0.1, -0.05) is 18.2 Å². The number of hydrogen-bond donors (Lipinski definition) is 1. The maximum Gasteiger partial charge on any atom is 0.194 e. The largest absolute Gasteiger partial charge is 0.387 e. The fraction of sp³-hybridized carbons (Fsp3) is 0.526. The van der Waals surface area contributed by atoms with Gasteiger partial charge in [0.05, 0.1) is 13.2 Å². The Balaban J connectivity index is 1.73. The van der Waals surface area contributed by atoms with Crippen molar-refractivity contribution in [1.29, 1.82) is 0 Å². The van der Waals surface area contributed by atoms with Crippen LogP contribution in [0.4, 0.5) is 0 Å². The summed E-state index contributed by atoms with van der Waals surface area (Å²) in [6.45, 7) is 9.88. The first-order chi connectivity index (χ1) is 11.8. The van der Waals surface area contributed by atoms with Crippen molar-refractivity contribution in [2.24, 2.45) is 0 Å². The van der Waals surface area contributed by atoms with Gasteiger partial charge in [0.1, 0.15) is 12.2 Å². The van der Waals surface area contributed by atoms with Gasteiger partial charge in [0.15, 0.2) is 24.0 Å². The number of aryl methyl sites for hydroxylation is 1. The molecule has 0 aliphatic carbocycles. The van der Waals surface area contributed by atoms with Gasteiger partial charge in [-0.25, -0.2) is 0 Å². The van der Waals surface area contributed by atoms with Gasteiger partial charge < -0.3 is 24.1 Å². The van der Waals surface area contributed by atoms with Gasteiger partial charge >= 0.3 is 0 Å². The summed E-state index contributed by atoms with van der Waals surface area (Å²) in [5.74, 6) is -1.12. The molecule has 6 heteroatoms. The number of fused-ring (bicyclic) bond motifs is 1. The Morgan fingerprint density at radius 1 is 1.40 bits per heavy atom. The molecule has 1 N–H and O–H groups in total. The number of carbonyl (C=O) groups excluding carboxylic acids is 1. The molecule has 0 radical (unpaired) electrons. The van der Waals surface area contributed by atoms with E-state index in [-0.39, 0.29) is 5.78 Å². The Kier molecular flexibility index (Phi) is 5.09. The van der Waals surface area contributed by atoms with Gasteiger partial charge in [-0.05, 0) is 38.0 Å². The monoisotopic (exact) mass is 348 g/mol. The molecule has 2 saturated heterocycles. The Morgan fingerprint density at radius 2 is 2.16 bits per heavy atom. The van der Waals surface area contributed by atoms with Crippen molar-refractivity contribution in [2.45, 2.75) is 57.8 Å². The molecule has 2 fully saturated rings. The normalized spacial score (nSPS) is 30.2. The van der Waals surface area contributed by atoms with Gasteiger partial charge in [0.25, 0.3) is 0 Å². The first-order valence-electron chi connectivity index (χ1n) is 8.34. The highest BCUT2D eigenvalue weighted by Crippen LogP contribution is 2.38. The van der Waals surface area contributed by atoms with Crippen LogP contribution in [-0.4, -0.2) is 47.9 Å². The lowest BCUT2D eigenvalue weighted by Gasteiger charge is -2.22. The second-order valence-corrected chi connectivity index (χ2v) is 6.83. The maximum atomic E-state index is 12.8. The predicted molar refractivity (Wildman–Crippen MR) is 90.1 cm³/mol. The van der Waals surface area contributed by atoms with E-state index in [0.29, 0.717) is 18.8 Å². The van der Waals surface area contributed by atoms with E-state index in [1.807, 2.05) is 13.0 Å². The van der Waals surface area contributed by atoms with Crippen LogP contribution in [0.2, 0.25) is 0 Å². The number of ether oxygens (including phenoxy) is 4. The van der Waals surface area contributed by atoms with Crippen LogP contribution in [0.25, 0.3) is 0 Å². The lowest BCUT2D eigenvalue weighted by Crippen LogP contribution is -2.38. The lowest BCUT2D eigenvalue weighted by atomic mass is 9.97. The molecule has 1 aromatic carbocycles. The molecular formula is C19H24O6. The first-order valence-corrected chi connectivity index (χ1v) is 8.34. The third kappa shape index (κ3) is 3.68. The van der Waals surface area contributed by atoms with Gasteiger partial charge in [-0.2, -0.15) is 0 Å². The highest BCUT2D eigenvalue weighted by molar-refractivity contribution is 6.00. The molecule has 136 valence electrons. The molecule has 2 aliphatic rings. The highest BCUT2D eigenvalue weighted by atomic mass is 16.8. The maximum absolute atomic E-state index is 12.8. The third-order valence-corrected chi connectivity index (χ3v) is 4.40. The van der Waals surface area contributed by atoms with Crippen LogP contribution in [0.15, 0.2) is 30.9 Å². The summed E-state index contributed by atoms with van der Waals surface area (Å²) in [5.41, 5.74) is 2.40. The molecule has 2 heterocycles. The minimum absolute atomic E-state index is 0.295. The Bertz CT molecular complexity index is 668. The molecule has 3 rings (SSSR count). The predicted octanol–water partition coefficient (Wildman–Crippen LogP) is 2.12. The van der Waals surface area contributed by atoms with E-state index >= 15 is 0 Å². The van der Waals surface area contributed by atoms with Gasteiger partial charge in [-0.3, -0.25) is 4.79 Å². The molecule has 1 aromatic rings. The molecule has 0 bridgehead atoms. The molecular weight excluding hydrogens is 324 g/mol. The molecule has 0 spiro atoms. The molecule has 2 unspecified atom stereocenters.